The molecule has 6 heteroatoms. The fourth-order valence-corrected chi connectivity index (χ4v) is 9.97. The fraction of sp³-hybridized carbons (Fsp3) is 0. The van der Waals surface area contributed by atoms with E-state index >= 15 is 0 Å². The molecular weight excluding hydrogens is 739 g/mol. The van der Waals surface area contributed by atoms with Crippen molar-refractivity contribution in [3.8, 4) is 62.2 Å². The number of hydrogen-bond donors (Lipinski definition) is 0. The van der Waals surface area contributed by atoms with Crippen LogP contribution >= 0.6 is 11.3 Å². The summed E-state index contributed by atoms with van der Waals surface area (Å²) in [6.45, 7) is 0. The Bertz CT molecular complexity index is 3490. The number of rotatable bonds is 6. The summed E-state index contributed by atoms with van der Waals surface area (Å²) in [5.74, 6) is 1.90. The smallest absolute Gasteiger partial charge is 0.164 e. The molecule has 0 saturated carbocycles. The summed E-state index contributed by atoms with van der Waals surface area (Å²) in [5, 5.41) is 5.02. The van der Waals surface area contributed by atoms with Gasteiger partial charge in [-0.25, -0.2) is 15.0 Å². The molecule has 0 aliphatic carbocycles. The lowest BCUT2D eigenvalue weighted by atomic mass is 10.0. The first-order valence-electron chi connectivity index (χ1n) is 19.8. The first-order valence-corrected chi connectivity index (χ1v) is 20.6. The third-order valence-corrected chi connectivity index (χ3v) is 12.6. The van der Waals surface area contributed by atoms with E-state index in [0.717, 1.165) is 50.2 Å². The lowest BCUT2D eigenvalue weighted by molar-refractivity contribution is 1.07. The van der Waals surface area contributed by atoms with Crippen molar-refractivity contribution in [3.05, 3.63) is 200 Å². The molecule has 0 N–H and O–H groups in total. The van der Waals surface area contributed by atoms with Crippen LogP contribution in [0.5, 0.6) is 0 Å². The highest BCUT2D eigenvalue weighted by Crippen LogP contribution is 2.45. The number of hydrogen-bond acceptors (Lipinski definition) is 4. The highest BCUT2D eigenvalue weighted by atomic mass is 32.1. The van der Waals surface area contributed by atoms with Gasteiger partial charge in [-0.15, -0.1) is 11.3 Å². The van der Waals surface area contributed by atoms with Crippen molar-refractivity contribution in [1.29, 1.82) is 0 Å². The zero-order chi connectivity index (χ0) is 38.9. The van der Waals surface area contributed by atoms with E-state index in [2.05, 4.69) is 149 Å². The Balaban J connectivity index is 1.13. The Kier molecular flexibility index (Phi) is 7.64. The first kappa shape index (κ1) is 33.5. The van der Waals surface area contributed by atoms with Crippen LogP contribution < -0.4 is 0 Å². The van der Waals surface area contributed by atoms with Crippen LogP contribution in [-0.4, -0.2) is 23.9 Å². The van der Waals surface area contributed by atoms with E-state index in [1.165, 1.54) is 42.1 Å². The minimum Gasteiger partial charge on any atom is -0.314 e. The second-order valence-corrected chi connectivity index (χ2v) is 15.9. The SMILES string of the molecule is c1ccc(-c2nc(-c3ccccc3)nc(-c3cccc(-n4c5ccc(-c6cccc7c6sc6ccccc67)cc5c5c4c(-c4ccccc4)n4ccccc54)c3)n2)cc1. The lowest BCUT2D eigenvalue weighted by Crippen LogP contribution is -2.01. The number of pyridine rings is 1. The van der Waals surface area contributed by atoms with Crippen LogP contribution in [0.15, 0.2) is 200 Å². The normalized spacial score (nSPS) is 11.7. The standard InChI is InChI=1S/C53H33N5S/c1-4-16-34(17-5-1)48-49-47(45-27-12-13-31-57(45)48)43-33-37(40-25-15-26-42-41-24-10-11-28-46(41)59-50(40)42)29-30-44(43)58(49)39-23-14-22-38(32-39)53-55-51(35-18-6-2-7-19-35)54-52(56-53)36-20-8-3-9-21-36/h1-33H. The molecule has 0 radical (unpaired) electrons. The van der Waals surface area contributed by atoms with Crippen LogP contribution in [0.25, 0.3) is 110 Å². The van der Waals surface area contributed by atoms with Gasteiger partial charge in [0, 0.05) is 65.1 Å². The summed E-state index contributed by atoms with van der Waals surface area (Å²) < 4.78 is 7.40. The molecule has 5 heterocycles. The topological polar surface area (TPSA) is 48.0 Å². The van der Waals surface area contributed by atoms with E-state index in [1.807, 2.05) is 72.0 Å². The monoisotopic (exact) mass is 771 g/mol. The van der Waals surface area contributed by atoms with Crippen molar-refractivity contribution in [2.45, 2.75) is 0 Å². The Hall–Kier alpha value is -7.67. The van der Waals surface area contributed by atoms with Crippen molar-refractivity contribution in [1.82, 2.24) is 23.9 Å². The molecule has 59 heavy (non-hydrogen) atoms. The van der Waals surface area contributed by atoms with Crippen LogP contribution in [-0.2, 0) is 0 Å². The van der Waals surface area contributed by atoms with E-state index in [4.69, 9.17) is 15.0 Å². The maximum Gasteiger partial charge on any atom is 0.164 e. The Morgan fingerprint density at radius 2 is 1.02 bits per heavy atom. The molecule has 0 atom stereocenters. The number of nitrogens with zero attached hydrogens (tertiary/aromatic N) is 5. The highest BCUT2D eigenvalue weighted by Gasteiger charge is 2.24. The molecule has 5 nitrogen and oxygen atoms in total. The van der Waals surface area contributed by atoms with E-state index in [0.29, 0.717) is 17.5 Å². The van der Waals surface area contributed by atoms with Gasteiger partial charge >= 0.3 is 0 Å². The van der Waals surface area contributed by atoms with Crippen molar-refractivity contribution >= 4 is 58.8 Å². The molecule has 0 aliphatic rings. The Labute approximate surface area is 343 Å². The third kappa shape index (κ3) is 5.42. The third-order valence-electron chi connectivity index (χ3n) is 11.4. The van der Waals surface area contributed by atoms with Crippen LogP contribution in [0.1, 0.15) is 0 Å². The molecule has 276 valence electrons. The minimum atomic E-state index is 0.622. The lowest BCUT2D eigenvalue weighted by Gasteiger charge is -2.13. The van der Waals surface area contributed by atoms with Gasteiger partial charge in [-0.05, 0) is 53.6 Å². The van der Waals surface area contributed by atoms with Gasteiger partial charge < -0.3 is 8.97 Å². The zero-order valence-corrected chi connectivity index (χ0v) is 32.5. The van der Waals surface area contributed by atoms with Crippen LogP contribution in [0.2, 0.25) is 0 Å². The van der Waals surface area contributed by atoms with Crippen molar-refractivity contribution in [2.24, 2.45) is 0 Å². The summed E-state index contributed by atoms with van der Waals surface area (Å²) in [5.41, 5.74) is 12.0. The molecule has 0 saturated heterocycles. The van der Waals surface area contributed by atoms with Crippen molar-refractivity contribution in [2.75, 3.05) is 0 Å². The summed E-state index contributed by atoms with van der Waals surface area (Å²) in [7, 11) is 0. The second-order valence-electron chi connectivity index (χ2n) is 14.8. The minimum absolute atomic E-state index is 0.622. The predicted molar refractivity (Wildman–Crippen MR) is 245 cm³/mol. The van der Waals surface area contributed by atoms with Crippen LogP contribution in [0, 0.1) is 0 Å². The predicted octanol–water partition coefficient (Wildman–Crippen LogP) is 13.9. The van der Waals surface area contributed by atoms with Gasteiger partial charge in [0.25, 0.3) is 0 Å². The van der Waals surface area contributed by atoms with Gasteiger partial charge in [0.2, 0.25) is 0 Å². The van der Waals surface area contributed by atoms with Crippen molar-refractivity contribution < 1.29 is 0 Å². The second kappa shape index (κ2) is 13.5. The summed E-state index contributed by atoms with van der Waals surface area (Å²) in [4.78, 5) is 15.2. The molecule has 5 aromatic heterocycles. The number of fused-ring (bicyclic) bond motifs is 8. The highest BCUT2D eigenvalue weighted by molar-refractivity contribution is 7.26. The van der Waals surface area contributed by atoms with Crippen molar-refractivity contribution in [3.63, 3.8) is 0 Å². The molecule has 12 rings (SSSR count). The molecule has 0 fully saturated rings. The molecule has 0 aliphatic heterocycles. The average molecular weight is 772 g/mol. The first-order chi connectivity index (χ1) is 29.3. The van der Waals surface area contributed by atoms with Crippen LogP contribution in [0.3, 0.4) is 0 Å². The maximum atomic E-state index is 5.10. The fourth-order valence-electron chi connectivity index (χ4n) is 8.73. The molecule has 0 unspecified atom stereocenters. The zero-order valence-electron chi connectivity index (χ0n) is 31.7. The van der Waals surface area contributed by atoms with E-state index in [-0.39, 0.29) is 0 Å². The molecular formula is C53H33N5S. The maximum absolute atomic E-state index is 5.10. The van der Waals surface area contributed by atoms with E-state index < -0.39 is 0 Å². The molecule has 0 bridgehead atoms. The molecule has 7 aromatic carbocycles. The van der Waals surface area contributed by atoms with Crippen LogP contribution in [0.4, 0.5) is 0 Å². The van der Waals surface area contributed by atoms with Gasteiger partial charge in [-0.2, -0.15) is 0 Å². The van der Waals surface area contributed by atoms with E-state index in [1.54, 1.807) is 0 Å². The van der Waals surface area contributed by atoms with Gasteiger partial charge in [-0.1, -0.05) is 152 Å². The average Bonchev–Trinajstić information content (AvgIpc) is 3.97. The molecule has 0 amide bonds. The van der Waals surface area contributed by atoms with Gasteiger partial charge in [0.15, 0.2) is 17.5 Å². The quantitative estimate of drug-likeness (QED) is 0.169. The summed E-state index contributed by atoms with van der Waals surface area (Å²) >= 11 is 1.87. The van der Waals surface area contributed by atoms with Gasteiger partial charge in [0.05, 0.1) is 22.2 Å². The largest absolute Gasteiger partial charge is 0.314 e. The number of benzene rings is 7. The number of thiophene rings is 1. The number of aromatic nitrogens is 5. The van der Waals surface area contributed by atoms with Gasteiger partial charge in [-0.3, -0.25) is 0 Å². The summed E-state index contributed by atoms with van der Waals surface area (Å²) in [6, 6.07) is 68.6. The summed E-state index contributed by atoms with van der Waals surface area (Å²) in [6.07, 6.45) is 2.19. The molecule has 0 spiro atoms. The molecule has 12 aromatic rings. The van der Waals surface area contributed by atoms with E-state index in [9.17, 15) is 0 Å². The Morgan fingerprint density at radius 3 is 1.76 bits per heavy atom. The van der Waals surface area contributed by atoms with Gasteiger partial charge in [0.1, 0.15) is 0 Å². The Morgan fingerprint density at radius 1 is 0.407 bits per heavy atom.